The summed E-state index contributed by atoms with van der Waals surface area (Å²) in [7, 11) is 3.98. The lowest BCUT2D eigenvalue weighted by atomic mass is 10.2. The molecule has 2 atom stereocenters. The van der Waals surface area contributed by atoms with Crippen molar-refractivity contribution in [2.45, 2.75) is 18.6 Å². The second kappa shape index (κ2) is 5.74. The Labute approximate surface area is 118 Å². The second-order valence-corrected chi connectivity index (χ2v) is 5.44. The molecule has 2 rings (SSSR count). The van der Waals surface area contributed by atoms with Crippen LogP contribution in [0.4, 0.5) is 5.82 Å². The molecule has 1 aliphatic rings. The number of hydrogen-bond donors (Lipinski definition) is 1. The number of aromatic nitrogens is 1. The van der Waals surface area contributed by atoms with E-state index in [2.05, 4.69) is 16.0 Å². The first-order chi connectivity index (χ1) is 9.02. The molecule has 2 heterocycles. The number of rotatable bonds is 3. The van der Waals surface area contributed by atoms with Crippen LogP contribution in [0, 0.1) is 11.3 Å². The summed E-state index contributed by atoms with van der Waals surface area (Å²) in [4.78, 5) is 8.34. The number of anilines is 1. The van der Waals surface area contributed by atoms with Crippen LogP contribution in [-0.2, 0) is 0 Å². The number of nitrogens with zero attached hydrogens (tertiary/aromatic N) is 4. The third-order valence-electron chi connectivity index (χ3n) is 3.23. The van der Waals surface area contributed by atoms with Crippen molar-refractivity contribution in [2.75, 3.05) is 32.1 Å². The van der Waals surface area contributed by atoms with E-state index in [1.807, 2.05) is 19.0 Å². The van der Waals surface area contributed by atoms with Gasteiger partial charge in [0, 0.05) is 25.3 Å². The zero-order chi connectivity index (χ0) is 14.0. The minimum absolute atomic E-state index is 0.156. The molecule has 0 aromatic carbocycles. The number of hydrogen-bond acceptors (Lipinski definition) is 5. The van der Waals surface area contributed by atoms with Crippen molar-refractivity contribution in [3.8, 4) is 6.07 Å². The van der Waals surface area contributed by atoms with Crippen LogP contribution < -0.4 is 4.90 Å². The lowest BCUT2D eigenvalue weighted by molar-refractivity contribution is 0.191. The molecule has 1 saturated heterocycles. The van der Waals surface area contributed by atoms with Gasteiger partial charge in [-0.1, -0.05) is 11.6 Å². The highest BCUT2D eigenvalue weighted by Crippen LogP contribution is 2.32. The third kappa shape index (κ3) is 2.98. The Hall–Kier alpha value is -1.35. The van der Waals surface area contributed by atoms with Crippen LogP contribution in [-0.4, -0.2) is 54.3 Å². The fraction of sp³-hybridized carbons (Fsp3) is 0.538. The monoisotopic (exact) mass is 280 g/mol. The van der Waals surface area contributed by atoms with Crippen molar-refractivity contribution in [1.82, 2.24) is 9.88 Å². The smallest absolute Gasteiger partial charge is 0.149 e. The van der Waals surface area contributed by atoms with Gasteiger partial charge in [0.1, 0.15) is 16.9 Å². The summed E-state index contributed by atoms with van der Waals surface area (Å²) < 4.78 is 0. The van der Waals surface area contributed by atoms with Gasteiger partial charge in [0.2, 0.25) is 0 Å². The molecule has 0 bridgehead atoms. The van der Waals surface area contributed by atoms with Gasteiger partial charge in [-0.05, 0) is 26.6 Å². The van der Waals surface area contributed by atoms with E-state index < -0.39 is 0 Å². The first kappa shape index (κ1) is 14.1. The van der Waals surface area contributed by atoms with E-state index in [-0.39, 0.29) is 12.1 Å². The van der Waals surface area contributed by atoms with Gasteiger partial charge in [-0.2, -0.15) is 5.26 Å². The van der Waals surface area contributed by atoms with E-state index in [0.29, 0.717) is 29.4 Å². The van der Waals surface area contributed by atoms with Crippen molar-refractivity contribution in [2.24, 2.45) is 0 Å². The Balaban J connectivity index is 2.32. The highest BCUT2D eigenvalue weighted by molar-refractivity contribution is 6.34. The molecular weight excluding hydrogens is 264 g/mol. The summed E-state index contributed by atoms with van der Waals surface area (Å²) in [5, 5.41) is 19.2. The Morgan fingerprint density at radius 1 is 1.63 bits per heavy atom. The molecule has 1 N–H and O–H groups in total. The molecular formula is C13H17ClN4O. The molecule has 1 aromatic heterocycles. The number of likely N-dealkylation sites (N-methyl/N-ethyl adjacent to an activating group) is 1. The normalized spacial score (nSPS) is 22.8. The van der Waals surface area contributed by atoms with Crippen molar-refractivity contribution in [3.63, 3.8) is 0 Å². The second-order valence-electron chi connectivity index (χ2n) is 5.07. The van der Waals surface area contributed by atoms with Gasteiger partial charge in [-0.3, -0.25) is 0 Å². The van der Waals surface area contributed by atoms with Gasteiger partial charge >= 0.3 is 0 Å². The predicted octanol–water partition coefficient (Wildman–Crippen LogP) is 1.11. The summed E-state index contributed by atoms with van der Waals surface area (Å²) in [6.07, 6.45) is 1.89. The Kier molecular flexibility index (Phi) is 4.25. The van der Waals surface area contributed by atoms with Crippen molar-refractivity contribution in [3.05, 3.63) is 22.8 Å². The number of pyridine rings is 1. The van der Waals surface area contributed by atoms with Crippen LogP contribution in [0.15, 0.2) is 12.3 Å². The average molecular weight is 281 g/mol. The molecule has 2 unspecified atom stereocenters. The van der Waals surface area contributed by atoms with E-state index in [4.69, 9.17) is 16.9 Å². The van der Waals surface area contributed by atoms with Crippen molar-refractivity contribution < 1.29 is 5.11 Å². The summed E-state index contributed by atoms with van der Waals surface area (Å²) in [5.74, 6) is 0.587. The van der Waals surface area contributed by atoms with Crippen molar-refractivity contribution in [1.29, 1.82) is 5.26 Å². The van der Waals surface area contributed by atoms with E-state index in [1.165, 1.54) is 0 Å². The molecule has 1 fully saturated rings. The highest BCUT2D eigenvalue weighted by atomic mass is 35.5. The highest BCUT2D eigenvalue weighted by Gasteiger charge is 2.33. The molecule has 0 amide bonds. The minimum Gasteiger partial charge on any atom is -0.391 e. The van der Waals surface area contributed by atoms with Gasteiger partial charge in [0.05, 0.1) is 11.7 Å². The molecule has 0 saturated carbocycles. The van der Waals surface area contributed by atoms with E-state index in [9.17, 15) is 5.11 Å². The molecule has 1 aromatic rings. The molecule has 0 spiro atoms. The molecule has 6 heteroatoms. The maximum Gasteiger partial charge on any atom is 0.149 e. The van der Waals surface area contributed by atoms with Gasteiger partial charge < -0.3 is 14.9 Å². The van der Waals surface area contributed by atoms with Crippen LogP contribution in [0.1, 0.15) is 12.0 Å². The van der Waals surface area contributed by atoms with Gasteiger partial charge in [0.15, 0.2) is 0 Å². The van der Waals surface area contributed by atoms with Gasteiger partial charge in [0.25, 0.3) is 0 Å². The summed E-state index contributed by atoms with van der Waals surface area (Å²) in [6.45, 7) is 1.31. The fourth-order valence-electron chi connectivity index (χ4n) is 2.47. The van der Waals surface area contributed by atoms with Crippen LogP contribution in [0.3, 0.4) is 0 Å². The predicted molar refractivity (Wildman–Crippen MR) is 74.3 cm³/mol. The lowest BCUT2D eigenvalue weighted by Crippen LogP contribution is -2.38. The maximum atomic E-state index is 9.87. The zero-order valence-electron chi connectivity index (χ0n) is 11.0. The molecule has 102 valence electrons. The number of aliphatic hydroxyl groups is 1. The Bertz CT molecular complexity index is 500. The van der Waals surface area contributed by atoms with Crippen LogP contribution in [0.2, 0.25) is 5.02 Å². The SMILES string of the molecule is CN(C)CC1CC(O)CN1c1nccc(C#N)c1Cl. The molecule has 5 nitrogen and oxygen atoms in total. The van der Waals surface area contributed by atoms with Crippen LogP contribution in [0.5, 0.6) is 0 Å². The minimum atomic E-state index is -0.381. The average Bonchev–Trinajstić information content (AvgIpc) is 2.69. The first-order valence-electron chi connectivity index (χ1n) is 6.17. The largest absolute Gasteiger partial charge is 0.391 e. The quantitative estimate of drug-likeness (QED) is 0.899. The van der Waals surface area contributed by atoms with Crippen LogP contribution >= 0.6 is 11.6 Å². The van der Waals surface area contributed by atoms with Gasteiger partial charge in [-0.15, -0.1) is 0 Å². The molecule has 0 aliphatic carbocycles. The molecule has 19 heavy (non-hydrogen) atoms. The first-order valence-corrected chi connectivity index (χ1v) is 6.54. The topological polar surface area (TPSA) is 63.4 Å². The fourth-order valence-corrected chi connectivity index (χ4v) is 2.73. The molecule has 1 aliphatic heterocycles. The van der Waals surface area contributed by atoms with E-state index in [0.717, 1.165) is 6.54 Å². The lowest BCUT2D eigenvalue weighted by Gasteiger charge is -2.28. The van der Waals surface area contributed by atoms with Gasteiger partial charge in [-0.25, -0.2) is 4.98 Å². The number of nitriles is 1. The van der Waals surface area contributed by atoms with E-state index >= 15 is 0 Å². The number of aliphatic hydroxyl groups excluding tert-OH is 1. The van der Waals surface area contributed by atoms with Crippen molar-refractivity contribution >= 4 is 17.4 Å². The standard InChI is InChI=1S/C13H17ClN4O/c1-17(2)7-10-5-11(19)8-18(10)13-12(14)9(6-15)3-4-16-13/h3-4,10-11,19H,5,7-8H2,1-2H3. The third-order valence-corrected chi connectivity index (χ3v) is 3.60. The number of halogens is 1. The Morgan fingerprint density at radius 3 is 3.00 bits per heavy atom. The van der Waals surface area contributed by atoms with E-state index in [1.54, 1.807) is 12.3 Å². The summed E-state index contributed by atoms with van der Waals surface area (Å²) in [6, 6.07) is 3.81. The summed E-state index contributed by atoms with van der Waals surface area (Å²) >= 11 is 6.22. The van der Waals surface area contributed by atoms with Crippen LogP contribution in [0.25, 0.3) is 0 Å². The molecule has 0 radical (unpaired) electrons. The number of β-amino-alcohol motifs (C(OH)–C–C–N with tert-alkyl or cyclic N) is 1. The Morgan fingerprint density at radius 2 is 2.37 bits per heavy atom. The zero-order valence-corrected chi connectivity index (χ0v) is 11.8. The summed E-state index contributed by atoms with van der Waals surface area (Å²) in [5.41, 5.74) is 0.414. The maximum absolute atomic E-state index is 9.87.